The first-order valence-corrected chi connectivity index (χ1v) is 8.80. The van der Waals surface area contributed by atoms with Gasteiger partial charge in [0.05, 0.1) is 0 Å². The number of amides is 1. The van der Waals surface area contributed by atoms with Crippen LogP contribution in [0.3, 0.4) is 0 Å². The van der Waals surface area contributed by atoms with Crippen molar-refractivity contribution in [3.8, 4) is 0 Å². The second-order valence-corrected chi connectivity index (χ2v) is 7.31. The lowest BCUT2D eigenvalue weighted by Crippen LogP contribution is -2.30. The Kier molecular flexibility index (Phi) is 4.57. The van der Waals surface area contributed by atoms with Crippen molar-refractivity contribution in [1.29, 1.82) is 0 Å². The Morgan fingerprint density at radius 1 is 1.08 bits per heavy atom. The number of hydrogen-bond donors (Lipinski definition) is 0. The molecule has 0 radical (unpaired) electrons. The molecule has 1 heterocycles. The number of benzene rings is 1. The molecule has 24 heavy (non-hydrogen) atoms. The van der Waals surface area contributed by atoms with Gasteiger partial charge in [-0.1, -0.05) is 17.7 Å². The Labute approximate surface area is 143 Å². The first kappa shape index (κ1) is 16.9. The molecule has 0 spiro atoms. The zero-order valence-corrected chi connectivity index (χ0v) is 14.7. The van der Waals surface area contributed by atoms with Gasteiger partial charge in [0.25, 0.3) is 0 Å². The molecule has 0 aromatic heterocycles. The van der Waals surface area contributed by atoms with E-state index in [9.17, 15) is 14.4 Å². The molecule has 0 N–H and O–H groups in total. The van der Waals surface area contributed by atoms with E-state index in [1.54, 1.807) is 0 Å². The molecule has 1 saturated carbocycles. The lowest BCUT2D eigenvalue weighted by atomic mass is 9.86. The van der Waals surface area contributed by atoms with Gasteiger partial charge in [-0.2, -0.15) is 0 Å². The fourth-order valence-electron chi connectivity index (χ4n) is 4.28. The molecule has 1 saturated heterocycles. The number of rotatable bonds is 3. The maximum absolute atomic E-state index is 12.9. The van der Waals surface area contributed by atoms with Crippen LogP contribution in [0, 0.1) is 26.7 Å². The fraction of sp³-hybridized carbons (Fsp3) is 0.550. The van der Waals surface area contributed by atoms with E-state index in [1.807, 2.05) is 37.8 Å². The van der Waals surface area contributed by atoms with Gasteiger partial charge in [-0.3, -0.25) is 14.4 Å². The highest BCUT2D eigenvalue weighted by Gasteiger charge is 2.44. The van der Waals surface area contributed by atoms with Gasteiger partial charge in [0.15, 0.2) is 5.78 Å². The normalized spacial score (nSPS) is 24.0. The molecule has 1 aromatic rings. The lowest BCUT2D eigenvalue weighted by Gasteiger charge is -2.18. The predicted octanol–water partition coefficient (Wildman–Crippen LogP) is 2.87. The summed E-state index contributed by atoms with van der Waals surface area (Å²) in [5.41, 5.74) is 3.97. The van der Waals surface area contributed by atoms with Gasteiger partial charge in [-0.25, -0.2) is 0 Å². The number of ketones is 2. The molecule has 0 bridgehead atoms. The summed E-state index contributed by atoms with van der Waals surface area (Å²) in [4.78, 5) is 39.6. The number of aryl methyl sites for hydroxylation is 3. The van der Waals surface area contributed by atoms with E-state index in [0.29, 0.717) is 0 Å². The Morgan fingerprint density at radius 3 is 2.25 bits per heavy atom. The number of carbonyl (C=O) groups excluding carboxylic acids is 3. The van der Waals surface area contributed by atoms with Crippen LogP contribution in [-0.2, 0) is 14.4 Å². The minimum atomic E-state index is -0.679. The summed E-state index contributed by atoms with van der Waals surface area (Å²) in [6.45, 7) is 7.50. The largest absolute Gasteiger partial charge is 0.343 e. The Bertz CT molecular complexity index is 678. The fourth-order valence-corrected chi connectivity index (χ4v) is 4.28. The van der Waals surface area contributed by atoms with Crippen LogP contribution in [0.25, 0.3) is 0 Å². The van der Waals surface area contributed by atoms with Gasteiger partial charge in [0.1, 0.15) is 11.7 Å². The van der Waals surface area contributed by atoms with E-state index in [2.05, 4.69) is 0 Å². The summed E-state index contributed by atoms with van der Waals surface area (Å²) < 4.78 is 0. The highest BCUT2D eigenvalue weighted by molar-refractivity contribution is 6.15. The molecule has 1 aliphatic carbocycles. The molecule has 2 fully saturated rings. The van der Waals surface area contributed by atoms with E-state index < -0.39 is 11.8 Å². The van der Waals surface area contributed by atoms with Gasteiger partial charge < -0.3 is 4.90 Å². The third-order valence-corrected chi connectivity index (χ3v) is 5.36. The Balaban J connectivity index is 1.81. The van der Waals surface area contributed by atoms with Crippen LogP contribution in [0.15, 0.2) is 12.1 Å². The first-order chi connectivity index (χ1) is 11.4. The molecule has 1 amide bonds. The molecular weight excluding hydrogens is 302 g/mol. The molecule has 1 aliphatic heterocycles. The SMILES string of the molecule is Cc1cc(C)c(C2C(=O)CC(CC(=O)N3CCCC3)C2=O)c(C)c1. The molecule has 3 rings (SSSR count). The molecule has 2 aliphatic rings. The molecule has 2 unspecified atom stereocenters. The third-order valence-electron chi connectivity index (χ3n) is 5.36. The van der Waals surface area contributed by atoms with Crippen molar-refractivity contribution < 1.29 is 14.4 Å². The number of likely N-dealkylation sites (tertiary alicyclic amines) is 1. The summed E-state index contributed by atoms with van der Waals surface area (Å²) in [5.74, 6) is -1.20. The lowest BCUT2D eigenvalue weighted by molar-refractivity contribution is -0.134. The van der Waals surface area contributed by atoms with Crippen molar-refractivity contribution in [2.24, 2.45) is 5.92 Å². The summed E-state index contributed by atoms with van der Waals surface area (Å²) in [6, 6.07) is 4.04. The van der Waals surface area contributed by atoms with Crippen LogP contribution < -0.4 is 0 Å². The number of carbonyl (C=O) groups is 3. The molecule has 4 nitrogen and oxygen atoms in total. The van der Waals surface area contributed by atoms with Crippen LogP contribution in [0.5, 0.6) is 0 Å². The van der Waals surface area contributed by atoms with Crippen LogP contribution in [0.1, 0.15) is 53.9 Å². The van der Waals surface area contributed by atoms with Gasteiger partial charge >= 0.3 is 0 Å². The van der Waals surface area contributed by atoms with Crippen molar-refractivity contribution >= 4 is 17.5 Å². The summed E-state index contributed by atoms with van der Waals surface area (Å²) in [5, 5.41) is 0. The second-order valence-electron chi connectivity index (χ2n) is 7.31. The average Bonchev–Trinajstić information content (AvgIpc) is 3.10. The van der Waals surface area contributed by atoms with E-state index in [-0.39, 0.29) is 30.3 Å². The first-order valence-electron chi connectivity index (χ1n) is 8.80. The van der Waals surface area contributed by atoms with Gasteiger partial charge in [0, 0.05) is 31.8 Å². The summed E-state index contributed by atoms with van der Waals surface area (Å²) >= 11 is 0. The smallest absolute Gasteiger partial charge is 0.223 e. The number of nitrogens with zero attached hydrogens (tertiary/aromatic N) is 1. The zero-order valence-electron chi connectivity index (χ0n) is 14.7. The molecule has 4 heteroatoms. The zero-order chi connectivity index (χ0) is 17.4. The standard InChI is InChI=1S/C20H25NO3/c1-12-8-13(2)18(14(3)9-12)19-16(22)10-15(20(19)24)11-17(23)21-6-4-5-7-21/h8-9,15,19H,4-7,10-11H2,1-3H3. The van der Waals surface area contributed by atoms with Gasteiger partial charge in [-0.05, 0) is 50.3 Å². The minimum absolute atomic E-state index is 0.0247. The van der Waals surface area contributed by atoms with E-state index in [0.717, 1.165) is 48.2 Å². The summed E-state index contributed by atoms with van der Waals surface area (Å²) in [7, 11) is 0. The van der Waals surface area contributed by atoms with Crippen molar-refractivity contribution in [3.63, 3.8) is 0 Å². The van der Waals surface area contributed by atoms with Crippen LogP contribution in [-0.4, -0.2) is 35.5 Å². The summed E-state index contributed by atoms with van der Waals surface area (Å²) in [6.07, 6.45) is 2.46. The van der Waals surface area contributed by atoms with Crippen molar-refractivity contribution in [2.45, 2.75) is 52.4 Å². The third kappa shape index (κ3) is 3.02. The van der Waals surface area contributed by atoms with Gasteiger partial charge in [0.2, 0.25) is 5.91 Å². The maximum Gasteiger partial charge on any atom is 0.223 e. The number of hydrogen-bond acceptors (Lipinski definition) is 3. The molecule has 1 aromatic carbocycles. The van der Waals surface area contributed by atoms with E-state index >= 15 is 0 Å². The van der Waals surface area contributed by atoms with E-state index in [4.69, 9.17) is 0 Å². The second kappa shape index (κ2) is 6.50. The predicted molar refractivity (Wildman–Crippen MR) is 91.9 cm³/mol. The van der Waals surface area contributed by atoms with Crippen LogP contribution in [0.2, 0.25) is 0 Å². The monoisotopic (exact) mass is 327 g/mol. The van der Waals surface area contributed by atoms with Crippen LogP contribution in [0.4, 0.5) is 0 Å². The topological polar surface area (TPSA) is 54.5 Å². The highest BCUT2D eigenvalue weighted by Crippen LogP contribution is 2.37. The van der Waals surface area contributed by atoms with Gasteiger partial charge in [-0.15, -0.1) is 0 Å². The van der Waals surface area contributed by atoms with E-state index in [1.165, 1.54) is 0 Å². The highest BCUT2D eigenvalue weighted by atomic mass is 16.2. The van der Waals surface area contributed by atoms with Crippen molar-refractivity contribution in [2.75, 3.05) is 13.1 Å². The minimum Gasteiger partial charge on any atom is -0.343 e. The molecular formula is C20H25NO3. The number of Topliss-reactive ketones (excluding diaryl/α,β-unsaturated/α-hetero) is 2. The Hall–Kier alpha value is -1.97. The Morgan fingerprint density at radius 2 is 1.67 bits per heavy atom. The average molecular weight is 327 g/mol. The maximum atomic E-state index is 12.9. The quantitative estimate of drug-likeness (QED) is 0.802. The van der Waals surface area contributed by atoms with Crippen molar-refractivity contribution in [1.82, 2.24) is 4.90 Å². The van der Waals surface area contributed by atoms with Crippen molar-refractivity contribution in [3.05, 3.63) is 34.4 Å². The molecule has 2 atom stereocenters. The van der Waals surface area contributed by atoms with Crippen LogP contribution >= 0.6 is 0 Å². The molecule has 128 valence electrons.